The summed E-state index contributed by atoms with van der Waals surface area (Å²) in [7, 11) is 0. The molecule has 4 rings (SSSR count). The van der Waals surface area contributed by atoms with Gasteiger partial charge >= 0.3 is 0 Å². The number of anilines is 1. The third kappa shape index (κ3) is 4.70. The highest BCUT2D eigenvalue weighted by Gasteiger charge is 2.48. The highest BCUT2D eigenvalue weighted by Crippen LogP contribution is 2.40. The number of hydrogen-bond donors (Lipinski definition) is 0. The van der Waals surface area contributed by atoms with Gasteiger partial charge in [-0.25, -0.2) is 0 Å². The minimum Gasteiger partial charge on any atom is -0.489 e. The summed E-state index contributed by atoms with van der Waals surface area (Å²) in [6, 6.07) is 8.26. The van der Waals surface area contributed by atoms with E-state index in [9.17, 15) is 9.59 Å². The number of fused-ring (bicyclic) bond motifs is 1. The fourth-order valence-corrected chi connectivity index (χ4v) is 5.28. The van der Waals surface area contributed by atoms with Gasteiger partial charge in [-0.3, -0.25) is 19.4 Å². The molecule has 2 amide bonds. The first-order valence-corrected chi connectivity index (χ1v) is 12.1. The molecule has 32 heavy (non-hydrogen) atoms. The van der Waals surface area contributed by atoms with E-state index in [1.165, 1.54) is 11.1 Å². The number of amides is 2. The topological polar surface area (TPSA) is 53.1 Å². The van der Waals surface area contributed by atoms with Crippen LogP contribution in [0.4, 0.5) is 5.69 Å². The van der Waals surface area contributed by atoms with Crippen molar-refractivity contribution in [3.63, 3.8) is 0 Å². The summed E-state index contributed by atoms with van der Waals surface area (Å²) in [5.41, 5.74) is 3.73. The number of imide groups is 1. The largest absolute Gasteiger partial charge is 0.489 e. The summed E-state index contributed by atoms with van der Waals surface area (Å²) in [5.74, 6) is 0.811. The van der Waals surface area contributed by atoms with E-state index >= 15 is 0 Å². The van der Waals surface area contributed by atoms with Crippen LogP contribution in [-0.2, 0) is 9.59 Å². The number of benzene rings is 1. The third-order valence-corrected chi connectivity index (χ3v) is 7.23. The molecule has 0 bridgehead atoms. The molecule has 1 aromatic carbocycles. The molecule has 3 aliphatic rings. The van der Waals surface area contributed by atoms with Gasteiger partial charge in [0.15, 0.2) is 0 Å². The maximum Gasteiger partial charge on any atom is 0.233 e. The molecule has 2 atom stereocenters. The maximum absolute atomic E-state index is 12.8. The van der Waals surface area contributed by atoms with E-state index in [-0.39, 0.29) is 29.8 Å². The first kappa shape index (κ1) is 22.8. The fourth-order valence-electron chi connectivity index (χ4n) is 5.28. The molecule has 2 saturated heterocycles. The molecule has 6 nitrogen and oxygen atoms in total. The summed E-state index contributed by atoms with van der Waals surface area (Å²) < 4.78 is 5.99. The number of ether oxygens (including phenoxy) is 1. The summed E-state index contributed by atoms with van der Waals surface area (Å²) in [5, 5.41) is 0. The number of hydrogen-bond acceptors (Lipinski definition) is 5. The Labute approximate surface area is 192 Å². The maximum atomic E-state index is 12.8. The Bertz CT molecular complexity index is 854. The number of carbonyl (C=O) groups excluding carboxylic acids is 2. The van der Waals surface area contributed by atoms with Gasteiger partial charge in [-0.15, -0.1) is 0 Å². The average Bonchev–Trinajstić information content (AvgIpc) is 2.99. The second kappa shape index (κ2) is 9.65. The molecule has 2 aliphatic heterocycles. The van der Waals surface area contributed by atoms with Crippen LogP contribution < -0.4 is 9.64 Å². The standard InChI is InChI=1S/C26H37N3O3/c1-18(2)32-24-9-6-5-8-23(24)28-14-12-27(13-15-28)10-7-11-29-25(30)21-16-19(3)20(4)17-22(21)26(29)31/h5-6,8-9,18,21-22H,7,10-17H2,1-4H3. The lowest BCUT2D eigenvalue weighted by Crippen LogP contribution is -2.47. The van der Waals surface area contributed by atoms with Gasteiger partial charge in [-0.1, -0.05) is 23.3 Å². The van der Waals surface area contributed by atoms with E-state index in [2.05, 4.69) is 49.6 Å². The Balaban J connectivity index is 1.25. The third-order valence-electron chi connectivity index (χ3n) is 7.23. The predicted molar refractivity (Wildman–Crippen MR) is 127 cm³/mol. The molecule has 0 N–H and O–H groups in total. The average molecular weight is 440 g/mol. The van der Waals surface area contributed by atoms with Crippen molar-refractivity contribution in [3.8, 4) is 5.75 Å². The van der Waals surface area contributed by atoms with E-state index in [4.69, 9.17) is 4.74 Å². The molecule has 1 aliphatic carbocycles. The SMILES string of the molecule is CC1=C(C)CC2C(=O)N(CCCN3CCN(c4ccccc4OC(C)C)CC3)C(=O)C2C1. The van der Waals surface area contributed by atoms with Crippen LogP contribution in [0.15, 0.2) is 35.4 Å². The van der Waals surface area contributed by atoms with Crippen LogP contribution in [0.5, 0.6) is 5.75 Å². The number of nitrogens with zero attached hydrogens (tertiary/aromatic N) is 3. The molecule has 2 fully saturated rings. The second-order valence-electron chi connectivity index (χ2n) is 9.83. The van der Waals surface area contributed by atoms with Crippen LogP contribution in [0.1, 0.15) is 47.0 Å². The van der Waals surface area contributed by atoms with Crippen molar-refractivity contribution in [3.05, 3.63) is 35.4 Å². The zero-order valence-electron chi connectivity index (χ0n) is 20.0. The zero-order chi connectivity index (χ0) is 22.8. The summed E-state index contributed by atoms with van der Waals surface area (Å²) in [6.07, 6.45) is 2.50. The van der Waals surface area contributed by atoms with E-state index in [1.54, 1.807) is 4.90 Å². The molecule has 174 valence electrons. The molecule has 0 aromatic heterocycles. The van der Waals surface area contributed by atoms with Gasteiger partial charge in [0, 0.05) is 32.7 Å². The first-order valence-electron chi connectivity index (χ1n) is 12.1. The van der Waals surface area contributed by atoms with Crippen molar-refractivity contribution in [1.29, 1.82) is 0 Å². The van der Waals surface area contributed by atoms with Gasteiger partial charge < -0.3 is 9.64 Å². The van der Waals surface area contributed by atoms with Crippen LogP contribution in [0.25, 0.3) is 0 Å². The van der Waals surface area contributed by atoms with Crippen molar-refractivity contribution in [2.45, 2.75) is 53.1 Å². The lowest BCUT2D eigenvalue weighted by molar-refractivity contribution is -0.140. The van der Waals surface area contributed by atoms with E-state index in [0.29, 0.717) is 6.54 Å². The molecule has 2 heterocycles. The van der Waals surface area contributed by atoms with E-state index < -0.39 is 0 Å². The number of likely N-dealkylation sites (tertiary alicyclic amines) is 1. The van der Waals surface area contributed by atoms with Crippen LogP contribution >= 0.6 is 0 Å². The number of piperazine rings is 1. The predicted octanol–water partition coefficient (Wildman–Crippen LogP) is 3.72. The Morgan fingerprint density at radius 2 is 1.50 bits per heavy atom. The van der Waals surface area contributed by atoms with Crippen molar-refractivity contribution >= 4 is 17.5 Å². The number of carbonyl (C=O) groups is 2. The lowest BCUT2D eigenvalue weighted by Gasteiger charge is -2.37. The Hall–Kier alpha value is -2.34. The minimum atomic E-state index is -0.122. The van der Waals surface area contributed by atoms with E-state index in [0.717, 1.165) is 63.4 Å². The molecule has 0 radical (unpaired) electrons. The molecule has 0 spiro atoms. The number of rotatable bonds is 7. The molecular weight excluding hydrogens is 402 g/mol. The van der Waals surface area contributed by atoms with Crippen LogP contribution in [-0.4, -0.2) is 67.0 Å². The van der Waals surface area contributed by atoms with Gasteiger partial charge in [0.25, 0.3) is 0 Å². The van der Waals surface area contributed by atoms with Crippen LogP contribution in [0, 0.1) is 11.8 Å². The second-order valence-corrected chi connectivity index (χ2v) is 9.83. The van der Waals surface area contributed by atoms with Gasteiger partial charge in [0.2, 0.25) is 11.8 Å². The Kier molecular flexibility index (Phi) is 6.89. The smallest absolute Gasteiger partial charge is 0.233 e. The van der Waals surface area contributed by atoms with Crippen molar-refractivity contribution < 1.29 is 14.3 Å². The van der Waals surface area contributed by atoms with Crippen molar-refractivity contribution in [2.24, 2.45) is 11.8 Å². The quantitative estimate of drug-likeness (QED) is 0.479. The molecular formula is C26H37N3O3. The normalized spacial score (nSPS) is 24.5. The number of para-hydroxylation sites is 2. The monoisotopic (exact) mass is 439 g/mol. The Morgan fingerprint density at radius 3 is 2.09 bits per heavy atom. The molecule has 0 saturated carbocycles. The summed E-state index contributed by atoms with van der Waals surface area (Å²) >= 11 is 0. The van der Waals surface area contributed by atoms with Crippen LogP contribution in [0.3, 0.4) is 0 Å². The summed E-state index contributed by atoms with van der Waals surface area (Å²) in [4.78, 5) is 32.1. The molecule has 1 aromatic rings. The van der Waals surface area contributed by atoms with Gasteiger partial charge in [0.1, 0.15) is 5.75 Å². The zero-order valence-corrected chi connectivity index (χ0v) is 20.0. The Morgan fingerprint density at radius 1 is 0.906 bits per heavy atom. The van der Waals surface area contributed by atoms with Crippen molar-refractivity contribution in [1.82, 2.24) is 9.80 Å². The highest BCUT2D eigenvalue weighted by molar-refractivity contribution is 6.05. The fraction of sp³-hybridized carbons (Fsp3) is 0.615. The van der Waals surface area contributed by atoms with Gasteiger partial charge in [0.05, 0.1) is 23.6 Å². The highest BCUT2D eigenvalue weighted by atomic mass is 16.5. The van der Waals surface area contributed by atoms with Crippen molar-refractivity contribution in [2.75, 3.05) is 44.2 Å². The number of allylic oxidation sites excluding steroid dienone is 2. The van der Waals surface area contributed by atoms with E-state index in [1.807, 2.05) is 12.1 Å². The molecule has 2 unspecified atom stereocenters. The van der Waals surface area contributed by atoms with Gasteiger partial charge in [-0.2, -0.15) is 0 Å². The minimum absolute atomic E-state index is 0.0541. The lowest BCUT2D eigenvalue weighted by atomic mass is 9.78. The van der Waals surface area contributed by atoms with Gasteiger partial charge in [-0.05, 0) is 65.6 Å². The summed E-state index contributed by atoms with van der Waals surface area (Å²) in [6.45, 7) is 13.6. The first-order chi connectivity index (χ1) is 15.3. The molecule has 6 heteroatoms. The van der Waals surface area contributed by atoms with Crippen LogP contribution in [0.2, 0.25) is 0 Å².